The molecule has 0 spiro atoms. The first kappa shape index (κ1) is 13.9. The van der Waals surface area contributed by atoms with Crippen LogP contribution in [0.25, 0.3) is 0 Å². The summed E-state index contributed by atoms with van der Waals surface area (Å²) >= 11 is 0. The first-order valence-corrected chi connectivity index (χ1v) is 9.12. The molecule has 0 saturated carbocycles. The zero-order valence-corrected chi connectivity index (χ0v) is 12.4. The van der Waals surface area contributed by atoms with Crippen LogP contribution in [0.3, 0.4) is 0 Å². The third-order valence-corrected chi connectivity index (χ3v) is 6.01. The largest absolute Gasteiger partial charge is 0.493 e. The zero-order chi connectivity index (χ0) is 14.0. The molecular weight excluding hydrogens is 274 g/mol. The fraction of sp³-hybridized carbons (Fsp3) is 0.600. The zero-order valence-electron chi connectivity index (χ0n) is 11.5. The van der Waals surface area contributed by atoms with Crippen LogP contribution in [0.1, 0.15) is 30.7 Å². The fourth-order valence-electron chi connectivity index (χ4n) is 3.03. The van der Waals surface area contributed by atoms with Crippen molar-refractivity contribution in [1.29, 1.82) is 0 Å². The highest BCUT2D eigenvalue weighted by Crippen LogP contribution is 2.33. The predicted molar refractivity (Wildman–Crippen MR) is 79.0 cm³/mol. The number of para-hydroxylation sites is 1. The number of fused-ring (bicyclic) bond motifs is 1. The second-order valence-electron chi connectivity index (χ2n) is 5.71. The van der Waals surface area contributed by atoms with E-state index in [0.29, 0.717) is 23.5 Å². The predicted octanol–water partition coefficient (Wildman–Crippen LogP) is 1.72. The monoisotopic (exact) mass is 295 g/mol. The Bertz CT molecular complexity index is 556. The third kappa shape index (κ3) is 3.15. The van der Waals surface area contributed by atoms with Gasteiger partial charge in [0.15, 0.2) is 0 Å². The third-order valence-electron chi connectivity index (χ3n) is 4.29. The summed E-state index contributed by atoms with van der Waals surface area (Å²) in [7, 11) is -2.77. The Morgan fingerprint density at radius 2 is 1.90 bits per heavy atom. The van der Waals surface area contributed by atoms with Crippen LogP contribution in [0.5, 0.6) is 5.75 Å². The summed E-state index contributed by atoms with van der Waals surface area (Å²) < 4.78 is 28.5. The van der Waals surface area contributed by atoms with Gasteiger partial charge in [0.1, 0.15) is 15.6 Å². The van der Waals surface area contributed by atoms with Gasteiger partial charge in [0.25, 0.3) is 0 Å². The van der Waals surface area contributed by atoms with Gasteiger partial charge in [-0.05, 0) is 30.9 Å². The molecule has 0 bridgehead atoms. The van der Waals surface area contributed by atoms with Crippen LogP contribution in [0, 0.1) is 0 Å². The average Bonchev–Trinajstić information content (AvgIpc) is 2.46. The van der Waals surface area contributed by atoms with E-state index in [9.17, 15) is 8.42 Å². The van der Waals surface area contributed by atoms with Gasteiger partial charge in [0.2, 0.25) is 0 Å². The lowest BCUT2D eigenvalue weighted by molar-refractivity contribution is 0.261. The lowest BCUT2D eigenvalue weighted by Gasteiger charge is -2.29. The van der Waals surface area contributed by atoms with E-state index >= 15 is 0 Å². The molecular formula is C15H21NO3S. The molecule has 1 aromatic carbocycles. The molecule has 1 saturated heterocycles. The minimum atomic E-state index is -2.77. The van der Waals surface area contributed by atoms with Gasteiger partial charge in [0, 0.05) is 18.5 Å². The molecule has 2 aliphatic rings. The van der Waals surface area contributed by atoms with Gasteiger partial charge in [-0.15, -0.1) is 0 Å². The van der Waals surface area contributed by atoms with Gasteiger partial charge in [-0.25, -0.2) is 8.42 Å². The maximum atomic E-state index is 11.4. The van der Waals surface area contributed by atoms with Crippen molar-refractivity contribution < 1.29 is 13.2 Å². The molecule has 1 fully saturated rings. The smallest absolute Gasteiger partial charge is 0.150 e. The highest BCUT2D eigenvalue weighted by Gasteiger charge is 2.25. The van der Waals surface area contributed by atoms with Crippen LogP contribution in [0.4, 0.5) is 0 Å². The van der Waals surface area contributed by atoms with E-state index in [1.807, 2.05) is 18.2 Å². The molecule has 2 heterocycles. The molecule has 5 heteroatoms. The second-order valence-corrected chi connectivity index (χ2v) is 8.01. The number of sulfone groups is 1. The van der Waals surface area contributed by atoms with Gasteiger partial charge >= 0.3 is 0 Å². The molecule has 1 unspecified atom stereocenters. The number of benzene rings is 1. The molecule has 20 heavy (non-hydrogen) atoms. The quantitative estimate of drug-likeness (QED) is 0.922. The van der Waals surface area contributed by atoms with E-state index in [4.69, 9.17) is 4.74 Å². The summed E-state index contributed by atoms with van der Waals surface area (Å²) in [6, 6.07) is 8.54. The lowest BCUT2D eigenvalue weighted by Crippen LogP contribution is -2.40. The summed E-state index contributed by atoms with van der Waals surface area (Å²) in [5.74, 6) is 2.12. The number of hydrogen-bond donors (Lipinski definition) is 1. The standard InChI is InChI=1S/C15H21NO3S/c17-20(18)9-6-13(7-10-20)16-11-12-5-8-19-15-4-2-1-3-14(12)15/h1-4,12-13,16H,5-11H2. The molecule has 0 amide bonds. The first-order chi connectivity index (χ1) is 9.64. The van der Waals surface area contributed by atoms with Crippen molar-refractivity contribution in [1.82, 2.24) is 5.32 Å². The number of hydrogen-bond acceptors (Lipinski definition) is 4. The number of rotatable bonds is 3. The van der Waals surface area contributed by atoms with Gasteiger partial charge in [-0.1, -0.05) is 18.2 Å². The summed E-state index contributed by atoms with van der Waals surface area (Å²) in [6.07, 6.45) is 2.51. The number of ether oxygens (including phenoxy) is 1. The summed E-state index contributed by atoms with van der Waals surface area (Å²) in [4.78, 5) is 0. The molecule has 2 aliphatic heterocycles. The Balaban J connectivity index is 1.57. The van der Waals surface area contributed by atoms with E-state index in [0.717, 1.165) is 38.2 Å². The minimum absolute atomic E-state index is 0.328. The lowest BCUT2D eigenvalue weighted by atomic mass is 9.92. The van der Waals surface area contributed by atoms with Crippen molar-refractivity contribution in [3.8, 4) is 5.75 Å². The fourth-order valence-corrected chi connectivity index (χ4v) is 4.52. The van der Waals surface area contributed by atoms with Crippen molar-refractivity contribution in [2.24, 2.45) is 0 Å². The Morgan fingerprint density at radius 1 is 1.15 bits per heavy atom. The molecule has 1 N–H and O–H groups in total. The maximum Gasteiger partial charge on any atom is 0.150 e. The van der Waals surface area contributed by atoms with Crippen molar-refractivity contribution >= 4 is 9.84 Å². The molecule has 3 rings (SSSR count). The van der Waals surface area contributed by atoms with Gasteiger partial charge in [-0.2, -0.15) is 0 Å². The summed E-state index contributed by atoms with van der Waals surface area (Å²) in [5, 5.41) is 3.55. The van der Waals surface area contributed by atoms with Crippen molar-refractivity contribution in [3.05, 3.63) is 29.8 Å². The molecule has 0 aromatic heterocycles. The van der Waals surface area contributed by atoms with Crippen LogP contribution >= 0.6 is 0 Å². The normalized spacial score (nSPS) is 25.7. The van der Waals surface area contributed by atoms with Crippen LogP contribution in [0.15, 0.2) is 24.3 Å². The van der Waals surface area contributed by atoms with Crippen LogP contribution < -0.4 is 10.1 Å². The van der Waals surface area contributed by atoms with E-state index in [1.165, 1.54) is 5.56 Å². The van der Waals surface area contributed by atoms with E-state index in [2.05, 4.69) is 11.4 Å². The topological polar surface area (TPSA) is 55.4 Å². The number of nitrogens with one attached hydrogen (secondary N) is 1. The SMILES string of the molecule is O=S1(=O)CCC(NCC2CCOc3ccccc32)CC1. The molecule has 1 atom stereocenters. The molecule has 4 nitrogen and oxygen atoms in total. The van der Waals surface area contributed by atoms with Crippen LogP contribution in [0.2, 0.25) is 0 Å². The second kappa shape index (κ2) is 5.74. The van der Waals surface area contributed by atoms with Gasteiger partial charge in [0.05, 0.1) is 18.1 Å². The highest BCUT2D eigenvalue weighted by atomic mass is 32.2. The van der Waals surface area contributed by atoms with Gasteiger partial charge in [-0.3, -0.25) is 0 Å². The molecule has 1 aromatic rings. The van der Waals surface area contributed by atoms with Crippen molar-refractivity contribution in [2.45, 2.75) is 31.2 Å². The van der Waals surface area contributed by atoms with E-state index < -0.39 is 9.84 Å². The maximum absolute atomic E-state index is 11.4. The van der Waals surface area contributed by atoms with Crippen LogP contribution in [-0.4, -0.2) is 39.1 Å². The average molecular weight is 295 g/mol. The first-order valence-electron chi connectivity index (χ1n) is 7.29. The van der Waals surface area contributed by atoms with Crippen LogP contribution in [-0.2, 0) is 9.84 Å². The Morgan fingerprint density at radius 3 is 2.70 bits per heavy atom. The molecule has 110 valence electrons. The Labute approximate surface area is 120 Å². The summed E-state index contributed by atoms with van der Waals surface area (Å²) in [6.45, 7) is 1.67. The van der Waals surface area contributed by atoms with Crippen molar-refractivity contribution in [3.63, 3.8) is 0 Å². The van der Waals surface area contributed by atoms with E-state index in [1.54, 1.807) is 0 Å². The minimum Gasteiger partial charge on any atom is -0.493 e. The molecule has 0 aliphatic carbocycles. The summed E-state index contributed by atoms with van der Waals surface area (Å²) in [5.41, 5.74) is 1.27. The van der Waals surface area contributed by atoms with Gasteiger partial charge < -0.3 is 10.1 Å². The van der Waals surface area contributed by atoms with E-state index in [-0.39, 0.29) is 0 Å². The molecule has 0 radical (unpaired) electrons. The Kier molecular flexibility index (Phi) is 3.98. The highest BCUT2D eigenvalue weighted by molar-refractivity contribution is 7.91. The Hall–Kier alpha value is -1.07. The van der Waals surface area contributed by atoms with Crippen molar-refractivity contribution in [2.75, 3.05) is 24.7 Å².